The maximum absolute atomic E-state index is 10.4. The number of rotatable bonds is 10. The van der Waals surface area contributed by atoms with E-state index in [9.17, 15) is 5.11 Å². The second-order valence-corrected chi connectivity index (χ2v) is 8.17. The van der Waals surface area contributed by atoms with Crippen molar-refractivity contribution in [1.29, 1.82) is 0 Å². The van der Waals surface area contributed by atoms with Gasteiger partial charge in [-0.3, -0.25) is 4.57 Å². The van der Waals surface area contributed by atoms with Gasteiger partial charge in [0, 0.05) is 17.9 Å². The van der Waals surface area contributed by atoms with Gasteiger partial charge in [-0.2, -0.15) is 0 Å². The molecule has 0 amide bonds. The van der Waals surface area contributed by atoms with Crippen molar-refractivity contribution < 1.29 is 14.6 Å². The summed E-state index contributed by atoms with van der Waals surface area (Å²) < 4.78 is 12.9. The predicted molar refractivity (Wildman–Crippen MR) is 126 cm³/mol. The van der Waals surface area contributed by atoms with Crippen LogP contribution < -0.4 is 9.47 Å². The standard InChI is InChI=1S/C25H25N3O3S/c1-30-22-12-14-23(15-13-22)31-17-21(29)18-32-25-27-26-24(16-19-8-4-2-5-9-19)28(25)20-10-6-3-7-11-20/h2-15,21,29H,16-18H2,1H3/t21-/m0/s1. The molecule has 0 fully saturated rings. The molecule has 7 heteroatoms. The number of aromatic nitrogens is 3. The van der Waals surface area contributed by atoms with Crippen molar-refractivity contribution in [3.8, 4) is 17.2 Å². The topological polar surface area (TPSA) is 69.4 Å². The second-order valence-electron chi connectivity index (χ2n) is 7.18. The Hall–Kier alpha value is -3.29. The Morgan fingerprint density at radius 2 is 1.53 bits per heavy atom. The molecular formula is C25H25N3O3S. The summed E-state index contributed by atoms with van der Waals surface area (Å²) >= 11 is 1.46. The fourth-order valence-corrected chi connectivity index (χ4v) is 4.08. The van der Waals surface area contributed by atoms with Crippen molar-refractivity contribution >= 4 is 11.8 Å². The molecule has 0 unspecified atom stereocenters. The summed E-state index contributed by atoms with van der Waals surface area (Å²) in [7, 11) is 1.62. The molecule has 1 aromatic heterocycles. The normalized spacial score (nSPS) is 11.8. The molecule has 1 N–H and O–H groups in total. The van der Waals surface area contributed by atoms with E-state index in [0.717, 1.165) is 22.4 Å². The lowest BCUT2D eigenvalue weighted by Crippen LogP contribution is -2.20. The van der Waals surface area contributed by atoms with E-state index in [1.807, 2.05) is 72.8 Å². The van der Waals surface area contributed by atoms with E-state index in [1.54, 1.807) is 7.11 Å². The second kappa shape index (κ2) is 10.8. The number of ether oxygens (including phenoxy) is 2. The minimum Gasteiger partial charge on any atom is -0.497 e. The van der Waals surface area contributed by atoms with Gasteiger partial charge in [-0.05, 0) is 42.0 Å². The van der Waals surface area contributed by atoms with Gasteiger partial charge in [0.1, 0.15) is 23.9 Å². The number of nitrogens with zero attached hydrogens (tertiary/aromatic N) is 3. The smallest absolute Gasteiger partial charge is 0.195 e. The van der Waals surface area contributed by atoms with Crippen LogP contribution in [0.5, 0.6) is 11.5 Å². The fraction of sp³-hybridized carbons (Fsp3) is 0.200. The summed E-state index contributed by atoms with van der Waals surface area (Å²) in [5, 5.41) is 20.0. The number of thioether (sulfide) groups is 1. The average Bonchev–Trinajstić information content (AvgIpc) is 3.25. The van der Waals surface area contributed by atoms with Crippen molar-refractivity contribution in [1.82, 2.24) is 14.8 Å². The molecule has 0 aliphatic heterocycles. The van der Waals surface area contributed by atoms with Crippen molar-refractivity contribution in [2.45, 2.75) is 17.7 Å². The molecule has 164 valence electrons. The zero-order valence-electron chi connectivity index (χ0n) is 17.8. The first kappa shape index (κ1) is 21.9. The van der Waals surface area contributed by atoms with Crippen LogP contribution in [0, 0.1) is 0 Å². The first-order valence-electron chi connectivity index (χ1n) is 10.3. The van der Waals surface area contributed by atoms with Crippen LogP contribution in [-0.4, -0.2) is 45.4 Å². The Morgan fingerprint density at radius 1 is 0.875 bits per heavy atom. The third kappa shape index (κ3) is 5.69. The number of aliphatic hydroxyl groups is 1. The van der Waals surface area contributed by atoms with Crippen molar-refractivity contribution in [3.63, 3.8) is 0 Å². The molecule has 0 radical (unpaired) electrons. The Bertz CT molecular complexity index is 1100. The van der Waals surface area contributed by atoms with E-state index in [0.29, 0.717) is 17.9 Å². The van der Waals surface area contributed by atoms with E-state index < -0.39 is 6.10 Å². The minimum absolute atomic E-state index is 0.190. The Morgan fingerprint density at radius 3 is 2.22 bits per heavy atom. The van der Waals surface area contributed by atoms with Crippen molar-refractivity contribution in [2.24, 2.45) is 0 Å². The van der Waals surface area contributed by atoms with E-state index in [2.05, 4.69) is 26.9 Å². The van der Waals surface area contributed by atoms with Crippen LogP contribution in [0.4, 0.5) is 0 Å². The zero-order valence-corrected chi connectivity index (χ0v) is 18.6. The minimum atomic E-state index is -0.652. The Kier molecular flexibility index (Phi) is 7.42. The highest BCUT2D eigenvalue weighted by Crippen LogP contribution is 2.24. The van der Waals surface area contributed by atoms with Gasteiger partial charge in [0.2, 0.25) is 0 Å². The quantitative estimate of drug-likeness (QED) is 0.364. The first-order valence-corrected chi connectivity index (χ1v) is 11.3. The van der Waals surface area contributed by atoms with E-state index >= 15 is 0 Å². The summed E-state index contributed by atoms with van der Waals surface area (Å²) in [5.74, 6) is 2.74. The number of benzene rings is 3. The molecule has 6 nitrogen and oxygen atoms in total. The van der Waals surface area contributed by atoms with Crippen molar-refractivity contribution in [2.75, 3.05) is 19.5 Å². The number of methoxy groups -OCH3 is 1. The summed E-state index contributed by atoms with van der Waals surface area (Å²) in [6.45, 7) is 0.190. The number of hydrogen-bond acceptors (Lipinski definition) is 6. The first-order chi connectivity index (χ1) is 15.7. The van der Waals surface area contributed by atoms with Crippen LogP contribution >= 0.6 is 11.8 Å². The van der Waals surface area contributed by atoms with Crippen LogP contribution in [0.25, 0.3) is 5.69 Å². The molecule has 1 atom stereocenters. The van der Waals surface area contributed by atoms with Gasteiger partial charge in [-0.25, -0.2) is 0 Å². The molecule has 0 aliphatic rings. The van der Waals surface area contributed by atoms with Gasteiger partial charge >= 0.3 is 0 Å². The van der Waals surface area contributed by atoms with Crippen LogP contribution in [0.15, 0.2) is 90.1 Å². The lowest BCUT2D eigenvalue weighted by Gasteiger charge is -2.13. The number of aliphatic hydroxyl groups excluding tert-OH is 1. The largest absolute Gasteiger partial charge is 0.497 e. The highest BCUT2D eigenvalue weighted by molar-refractivity contribution is 7.99. The van der Waals surface area contributed by atoms with E-state index in [-0.39, 0.29) is 6.61 Å². The SMILES string of the molecule is COc1ccc(OC[C@H](O)CSc2nnc(Cc3ccccc3)n2-c2ccccc2)cc1. The maximum Gasteiger partial charge on any atom is 0.195 e. The zero-order chi connectivity index (χ0) is 22.2. The highest BCUT2D eigenvalue weighted by atomic mass is 32.2. The Balaban J connectivity index is 1.43. The van der Waals surface area contributed by atoms with Gasteiger partial charge in [0.25, 0.3) is 0 Å². The predicted octanol–water partition coefficient (Wildman–Crippen LogP) is 4.40. The molecule has 0 saturated carbocycles. The lowest BCUT2D eigenvalue weighted by atomic mass is 10.1. The van der Waals surface area contributed by atoms with Gasteiger partial charge in [-0.15, -0.1) is 10.2 Å². The third-order valence-electron chi connectivity index (χ3n) is 4.83. The molecule has 32 heavy (non-hydrogen) atoms. The molecule has 4 rings (SSSR count). The molecule has 0 saturated heterocycles. The molecule has 4 aromatic rings. The lowest BCUT2D eigenvalue weighted by molar-refractivity contribution is 0.126. The van der Waals surface area contributed by atoms with Crippen LogP contribution in [0.2, 0.25) is 0 Å². The van der Waals surface area contributed by atoms with E-state index in [1.165, 1.54) is 17.3 Å². The van der Waals surface area contributed by atoms with E-state index in [4.69, 9.17) is 9.47 Å². The highest BCUT2D eigenvalue weighted by Gasteiger charge is 2.17. The van der Waals surface area contributed by atoms with Gasteiger partial charge in [-0.1, -0.05) is 60.3 Å². The molecule has 3 aromatic carbocycles. The third-order valence-corrected chi connectivity index (χ3v) is 5.90. The number of para-hydroxylation sites is 1. The average molecular weight is 448 g/mol. The summed E-state index contributed by atoms with van der Waals surface area (Å²) in [4.78, 5) is 0. The summed E-state index contributed by atoms with van der Waals surface area (Å²) in [6, 6.07) is 27.5. The Labute approximate surface area is 191 Å². The number of hydrogen-bond donors (Lipinski definition) is 1. The summed E-state index contributed by atoms with van der Waals surface area (Å²) in [5.41, 5.74) is 2.16. The monoisotopic (exact) mass is 447 g/mol. The van der Waals surface area contributed by atoms with Crippen molar-refractivity contribution in [3.05, 3.63) is 96.3 Å². The molecular weight excluding hydrogens is 422 g/mol. The molecule has 1 heterocycles. The fourth-order valence-electron chi connectivity index (χ4n) is 3.21. The van der Waals surface area contributed by atoms with Gasteiger partial charge < -0.3 is 14.6 Å². The molecule has 0 bridgehead atoms. The van der Waals surface area contributed by atoms with Gasteiger partial charge in [0.15, 0.2) is 5.16 Å². The maximum atomic E-state index is 10.4. The molecule has 0 spiro atoms. The summed E-state index contributed by atoms with van der Waals surface area (Å²) in [6.07, 6.45) is 0.0208. The van der Waals surface area contributed by atoms with Crippen LogP contribution in [-0.2, 0) is 6.42 Å². The molecule has 0 aliphatic carbocycles. The van der Waals surface area contributed by atoms with Crippen LogP contribution in [0.1, 0.15) is 11.4 Å². The van der Waals surface area contributed by atoms with Gasteiger partial charge in [0.05, 0.1) is 13.2 Å². The van der Waals surface area contributed by atoms with Crippen LogP contribution in [0.3, 0.4) is 0 Å².